The normalized spacial score (nSPS) is 8.60. The Morgan fingerprint density at radius 1 is 1.60 bits per heavy atom. The first-order valence-electron chi connectivity index (χ1n) is 1.56. The number of rotatable bonds is 1. The standard InChI is InChI=1S/C3H7.Cr.S/c1-3-2;;/h3H,1-2H3;;. The van der Waals surface area contributed by atoms with Crippen molar-refractivity contribution >= 4 is 10.5 Å². The van der Waals surface area contributed by atoms with Gasteiger partial charge in [0.25, 0.3) is 0 Å². The summed E-state index contributed by atoms with van der Waals surface area (Å²) in [5.41, 5.74) is 0. The molecule has 0 aliphatic rings. The van der Waals surface area contributed by atoms with Crippen LogP contribution in [0.3, 0.4) is 0 Å². The third kappa shape index (κ3) is 4.75. The van der Waals surface area contributed by atoms with E-state index < -0.39 is 0 Å². The van der Waals surface area contributed by atoms with Crippen LogP contribution in [-0.4, -0.2) is 0 Å². The summed E-state index contributed by atoms with van der Waals surface area (Å²) in [7, 11) is 4.74. The predicted octanol–water partition coefficient (Wildman–Crippen LogP) is 2.01. The van der Waals surface area contributed by atoms with Crippen LogP contribution in [0.4, 0.5) is 0 Å². The first-order valence-corrected chi connectivity index (χ1v) is 4.19. The van der Waals surface area contributed by atoms with Crippen molar-refractivity contribution in [2.75, 3.05) is 0 Å². The van der Waals surface area contributed by atoms with Gasteiger partial charge in [-0.15, -0.1) is 0 Å². The van der Waals surface area contributed by atoms with Crippen molar-refractivity contribution in [2.24, 2.45) is 0 Å². The van der Waals surface area contributed by atoms with Gasteiger partial charge in [-0.2, -0.15) is 0 Å². The van der Waals surface area contributed by atoms with Gasteiger partial charge in [0.2, 0.25) is 0 Å². The van der Waals surface area contributed by atoms with Crippen molar-refractivity contribution < 1.29 is 13.6 Å². The first-order chi connectivity index (χ1) is 2.27. The van der Waals surface area contributed by atoms with E-state index in [0.29, 0.717) is 13.6 Å². The Balaban J connectivity index is 2.83. The van der Waals surface area contributed by atoms with E-state index in [-0.39, 0.29) is 0 Å². The van der Waals surface area contributed by atoms with E-state index in [0.717, 1.165) is 4.78 Å². The van der Waals surface area contributed by atoms with Crippen LogP contribution in [0, 0.1) is 0 Å². The van der Waals surface area contributed by atoms with Gasteiger partial charge in [-0.25, -0.2) is 0 Å². The Bertz CT molecular complexity index is 33.9. The maximum atomic E-state index is 4.74. The van der Waals surface area contributed by atoms with Crippen LogP contribution >= 0.6 is 10.5 Å². The molecule has 0 amide bonds. The van der Waals surface area contributed by atoms with Crippen molar-refractivity contribution in [1.82, 2.24) is 0 Å². The zero-order valence-electron chi connectivity index (χ0n) is 3.39. The molecule has 31 valence electrons. The molecule has 0 aliphatic heterocycles. The van der Waals surface area contributed by atoms with E-state index in [1.807, 2.05) is 0 Å². The summed E-state index contributed by atoms with van der Waals surface area (Å²) in [6, 6.07) is 0. The van der Waals surface area contributed by atoms with Gasteiger partial charge in [0.1, 0.15) is 0 Å². The molecule has 0 fully saturated rings. The summed E-state index contributed by atoms with van der Waals surface area (Å²) < 4.78 is 0.762. The molecule has 0 aromatic heterocycles. The summed E-state index contributed by atoms with van der Waals surface area (Å²) in [5.74, 6) is 0. The van der Waals surface area contributed by atoms with E-state index in [1.54, 1.807) is 0 Å². The molecule has 0 aromatic rings. The van der Waals surface area contributed by atoms with Gasteiger partial charge in [0, 0.05) is 0 Å². The summed E-state index contributed by atoms with van der Waals surface area (Å²) in [6.07, 6.45) is 0. The molecule has 5 heavy (non-hydrogen) atoms. The Morgan fingerprint density at radius 3 is 1.80 bits per heavy atom. The fraction of sp³-hybridized carbons (Fsp3) is 1.00. The van der Waals surface area contributed by atoms with Crippen LogP contribution in [0.25, 0.3) is 0 Å². The van der Waals surface area contributed by atoms with Crippen LogP contribution in [0.1, 0.15) is 13.8 Å². The van der Waals surface area contributed by atoms with Crippen LogP contribution < -0.4 is 0 Å². The van der Waals surface area contributed by atoms with Crippen molar-refractivity contribution in [1.29, 1.82) is 0 Å². The third-order valence-corrected chi connectivity index (χ3v) is 2.38. The molecule has 0 rings (SSSR count). The Kier molecular flexibility index (Phi) is 3.41. The molecule has 0 bridgehead atoms. The summed E-state index contributed by atoms with van der Waals surface area (Å²) >= 11 is 0.458. The summed E-state index contributed by atoms with van der Waals surface area (Å²) in [6.45, 7) is 4.29. The molecule has 0 atom stereocenters. The average molecular weight is 127 g/mol. The van der Waals surface area contributed by atoms with Gasteiger partial charge in [0.15, 0.2) is 0 Å². The van der Waals surface area contributed by atoms with Gasteiger partial charge in [-0.3, -0.25) is 0 Å². The fourth-order valence-electron chi connectivity index (χ4n) is 0. The second-order valence-corrected chi connectivity index (χ2v) is 3.71. The van der Waals surface area contributed by atoms with E-state index in [9.17, 15) is 0 Å². The minimum absolute atomic E-state index is 0.458. The van der Waals surface area contributed by atoms with E-state index in [4.69, 9.17) is 10.5 Å². The fourth-order valence-corrected chi connectivity index (χ4v) is 0. The molecule has 0 aromatic carbocycles. The van der Waals surface area contributed by atoms with Crippen molar-refractivity contribution in [3.05, 3.63) is 0 Å². The van der Waals surface area contributed by atoms with Gasteiger partial charge >= 0.3 is 42.7 Å². The molecule has 0 heterocycles. The number of hydrogen-bond acceptors (Lipinski definition) is 1. The third-order valence-electron chi connectivity index (χ3n) is 0.192. The molecule has 0 nitrogen and oxygen atoms in total. The van der Waals surface area contributed by atoms with Gasteiger partial charge in [-0.05, 0) is 0 Å². The molecule has 0 aliphatic carbocycles. The van der Waals surface area contributed by atoms with Gasteiger partial charge < -0.3 is 0 Å². The molecule has 0 saturated heterocycles. The Labute approximate surface area is 43.1 Å². The first kappa shape index (κ1) is 5.75. The Hall–Kier alpha value is 0.752. The van der Waals surface area contributed by atoms with Crippen LogP contribution in [0.15, 0.2) is 0 Å². The van der Waals surface area contributed by atoms with E-state index >= 15 is 0 Å². The monoisotopic (exact) mass is 127 g/mol. The molecule has 0 spiro atoms. The SMILES string of the molecule is C[CH](C)[Cr]=[S]. The molecular weight excluding hydrogens is 120 g/mol. The second-order valence-electron chi connectivity index (χ2n) is 1.14. The van der Waals surface area contributed by atoms with E-state index in [2.05, 4.69) is 13.8 Å². The zero-order valence-corrected chi connectivity index (χ0v) is 5.49. The second kappa shape index (κ2) is 2.96. The molecule has 0 saturated carbocycles. The molecule has 0 N–H and O–H groups in total. The molecule has 0 unspecified atom stereocenters. The Morgan fingerprint density at radius 2 is 1.80 bits per heavy atom. The average Bonchev–Trinajstić information content (AvgIpc) is 1.38. The van der Waals surface area contributed by atoms with Crippen molar-refractivity contribution in [3.63, 3.8) is 0 Å². The van der Waals surface area contributed by atoms with Gasteiger partial charge in [-0.1, -0.05) is 0 Å². The molecule has 0 radical (unpaired) electrons. The van der Waals surface area contributed by atoms with E-state index in [1.165, 1.54) is 0 Å². The summed E-state index contributed by atoms with van der Waals surface area (Å²) in [4.78, 5) is 0. The van der Waals surface area contributed by atoms with Crippen LogP contribution in [-0.2, 0) is 13.6 Å². The minimum atomic E-state index is 0.458. The van der Waals surface area contributed by atoms with Crippen molar-refractivity contribution in [3.8, 4) is 0 Å². The van der Waals surface area contributed by atoms with Crippen molar-refractivity contribution in [2.45, 2.75) is 18.6 Å². The maximum absolute atomic E-state index is 4.74. The predicted molar refractivity (Wildman–Crippen MR) is 22.7 cm³/mol. The quantitative estimate of drug-likeness (QED) is 0.519. The zero-order chi connectivity index (χ0) is 4.28. The summed E-state index contributed by atoms with van der Waals surface area (Å²) in [5, 5.41) is 0. The van der Waals surface area contributed by atoms with Crippen LogP contribution in [0.5, 0.6) is 0 Å². The molecule has 2 heteroatoms. The number of hydrogen-bond donors (Lipinski definition) is 0. The van der Waals surface area contributed by atoms with Crippen LogP contribution in [0.2, 0.25) is 4.78 Å². The topological polar surface area (TPSA) is 0 Å². The van der Waals surface area contributed by atoms with Gasteiger partial charge in [0.05, 0.1) is 0 Å². The molecular formula is C3H7CrS.